The van der Waals surface area contributed by atoms with Gasteiger partial charge in [0.05, 0.1) is 22.1 Å². The van der Waals surface area contributed by atoms with Crippen LogP contribution in [0.15, 0.2) is 223 Å². The molecule has 0 aliphatic rings. The van der Waals surface area contributed by atoms with E-state index >= 15 is 0 Å². The van der Waals surface area contributed by atoms with Gasteiger partial charge in [-0.05, 0) is 127 Å². The second-order valence-electron chi connectivity index (χ2n) is 16.8. The van der Waals surface area contributed by atoms with Gasteiger partial charge in [0.1, 0.15) is 11.2 Å². The topological polar surface area (TPSA) is 23.0 Å². The van der Waals surface area contributed by atoms with Crippen molar-refractivity contribution in [3.8, 4) is 33.6 Å². The molecular weight excluding hydrogens is 765 g/mol. The van der Waals surface area contributed by atoms with Gasteiger partial charge in [-0.2, -0.15) is 0 Å². The smallest absolute Gasteiger partial charge is 0.136 e. The molecule has 0 N–H and O–H groups in total. The highest BCUT2D eigenvalue weighted by Gasteiger charge is 2.22. The van der Waals surface area contributed by atoms with Gasteiger partial charge in [0, 0.05) is 43.7 Å². The van der Waals surface area contributed by atoms with E-state index in [2.05, 4.69) is 228 Å². The Morgan fingerprint density at radius 1 is 0.254 bits per heavy atom. The summed E-state index contributed by atoms with van der Waals surface area (Å²) in [4.78, 5) is 0. The highest BCUT2D eigenvalue weighted by Crippen LogP contribution is 2.46. The first-order chi connectivity index (χ1) is 31.3. The number of para-hydroxylation sites is 4. The summed E-state index contributed by atoms with van der Waals surface area (Å²) in [7, 11) is 0. The molecular formula is C60H36N2O. The summed E-state index contributed by atoms with van der Waals surface area (Å²) in [6.07, 6.45) is 0. The van der Waals surface area contributed by atoms with Crippen LogP contribution in [0.3, 0.4) is 0 Å². The summed E-state index contributed by atoms with van der Waals surface area (Å²) in [6, 6.07) is 79.9. The van der Waals surface area contributed by atoms with Gasteiger partial charge < -0.3 is 13.6 Å². The van der Waals surface area contributed by atoms with Crippen LogP contribution in [0, 0.1) is 0 Å². The third-order valence-electron chi connectivity index (χ3n) is 13.5. The number of hydrogen-bond acceptors (Lipinski definition) is 1. The quantitative estimate of drug-likeness (QED) is 0.163. The number of nitrogens with zero attached hydrogens (tertiary/aromatic N) is 2. The average Bonchev–Trinajstić information content (AvgIpc) is 4.01. The Morgan fingerprint density at radius 3 is 1.41 bits per heavy atom. The van der Waals surface area contributed by atoms with Gasteiger partial charge in [0.2, 0.25) is 0 Å². The van der Waals surface area contributed by atoms with E-state index in [1.807, 2.05) is 0 Å². The Hall–Kier alpha value is -8.40. The highest BCUT2D eigenvalue weighted by atomic mass is 16.3. The van der Waals surface area contributed by atoms with Gasteiger partial charge in [-0.1, -0.05) is 146 Å². The normalized spacial score (nSPS) is 12.1. The summed E-state index contributed by atoms with van der Waals surface area (Å²) in [5, 5.41) is 14.7. The fourth-order valence-corrected chi connectivity index (χ4v) is 10.8. The Bertz CT molecular complexity index is 4200. The summed E-state index contributed by atoms with van der Waals surface area (Å²) in [5.74, 6) is 0. The Labute approximate surface area is 361 Å². The lowest BCUT2D eigenvalue weighted by atomic mass is 9.87. The molecule has 0 aliphatic heterocycles. The molecule has 0 spiro atoms. The highest BCUT2D eigenvalue weighted by molar-refractivity contribution is 6.30. The third kappa shape index (κ3) is 4.90. The number of hydrogen-bond donors (Lipinski definition) is 0. The van der Waals surface area contributed by atoms with Gasteiger partial charge in [0.15, 0.2) is 0 Å². The molecule has 0 unspecified atom stereocenters. The first kappa shape index (κ1) is 34.3. The number of fused-ring (bicyclic) bond motifs is 15. The zero-order chi connectivity index (χ0) is 41.2. The SMILES string of the molecule is c1ccc(-n2c3ccccc3c3cc(-c4ccc5c(c4)c4ccccc4n5-c4cc(-c5cccc6oc7ccccc7c56)c5c6ccccc6c6ccccc6c5c4)ccc32)cc1. The summed E-state index contributed by atoms with van der Waals surface area (Å²) in [6.45, 7) is 0. The number of benzene rings is 11. The van der Waals surface area contributed by atoms with Crippen molar-refractivity contribution in [3.05, 3.63) is 218 Å². The van der Waals surface area contributed by atoms with E-state index in [9.17, 15) is 0 Å². The molecule has 63 heavy (non-hydrogen) atoms. The predicted octanol–water partition coefficient (Wildman–Crippen LogP) is 16.6. The van der Waals surface area contributed by atoms with Crippen molar-refractivity contribution in [2.75, 3.05) is 0 Å². The molecule has 0 amide bonds. The fraction of sp³-hybridized carbons (Fsp3) is 0. The Kier molecular flexibility index (Phi) is 7.11. The largest absolute Gasteiger partial charge is 0.456 e. The van der Waals surface area contributed by atoms with E-state index in [1.54, 1.807) is 0 Å². The monoisotopic (exact) mass is 800 g/mol. The first-order valence-electron chi connectivity index (χ1n) is 21.7. The van der Waals surface area contributed by atoms with E-state index < -0.39 is 0 Å². The molecule has 0 aliphatic carbocycles. The molecule has 14 aromatic rings. The Morgan fingerprint density at radius 2 is 0.746 bits per heavy atom. The standard InChI is InChI=1S/C60H36N2O/c1-2-15-39(16-3-1)61-53-25-11-8-20-44(53)49-33-37(29-31-55(49)61)38-30-32-56-50(34-38)45-21-9-12-26-54(45)62(56)40-35-51-43-19-5-4-17-41(43)42-18-6-7-22-46(42)59(51)52(36-40)47-24-14-28-58-60(47)48-23-10-13-27-57(48)63-58/h1-36H. The van der Waals surface area contributed by atoms with E-state index in [1.165, 1.54) is 98.3 Å². The summed E-state index contributed by atoms with van der Waals surface area (Å²) in [5.41, 5.74) is 13.6. The zero-order valence-corrected chi connectivity index (χ0v) is 34.1. The van der Waals surface area contributed by atoms with Crippen LogP contribution in [0.25, 0.3) is 131 Å². The van der Waals surface area contributed by atoms with Crippen molar-refractivity contribution < 1.29 is 4.42 Å². The molecule has 0 saturated heterocycles. The van der Waals surface area contributed by atoms with Crippen molar-refractivity contribution in [1.82, 2.24) is 9.13 Å². The molecule has 0 fully saturated rings. The molecule has 0 saturated carbocycles. The Balaban J connectivity index is 1.04. The lowest BCUT2D eigenvalue weighted by Crippen LogP contribution is -1.97. The molecule has 3 nitrogen and oxygen atoms in total. The van der Waals surface area contributed by atoms with Crippen molar-refractivity contribution in [2.45, 2.75) is 0 Å². The molecule has 11 aromatic carbocycles. The second-order valence-corrected chi connectivity index (χ2v) is 16.8. The van der Waals surface area contributed by atoms with Crippen LogP contribution < -0.4 is 0 Å². The minimum absolute atomic E-state index is 0.893. The minimum atomic E-state index is 0.893. The van der Waals surface area contributed by atoms with Crippen LogP contribution in [-0.4, -0.2) is 9.13 Å². The molecule has 3 aromatic heterocycles. The van der Waals surface area contributed by atoms with Crippen LogP contribution in [0.2, 0.25) is 0 Å². The minimum Gasteiger partial charge on any atom is -0.456 e. The number of furan rings is 1. The molecule has 3 heteroatoms. The van der Waals surface area contributed by atoms with Gasteiger partial charge in [-0.3, -0.25) is 0 Å². The van der Waals surface area contributed by atoms with Gasteiger partial charge in [0.25, 0.3) is 0 Å². The van der Waals surface area contributed by atoms with Crippen molar-refractivity contribution in [2.24, 2.45) is 0 Å². The zero-order valence-electron chi connectivity index (χ0n) is 34.1. The molecule has 0 radical (unpaired) electrons. The van der Waals surface area contributed by atoms with Crippen LogP contribution in [0.5, 0.6) is 0 Å². The first-order valence-corrected chi connectivity index (χ1v) is 21.7. The number of aromatic nitrogens is 2. The van der Waals surface area contributed by atoms with Gasteiger partial charge in [-0.25, -0.2) is 0 Å². The molecule has 0 atom stereocenters. The fourth-order valence-electron chi connectivity index (χ4n) is 10.8. The lowest BCUT2D eigenvalue weighted by Gasteiger charge is -2.18. The molecule has 14 rings (SSSR count). The van der Waals surface area contributed by atoms with Crippen molar-refractivity contribution in [1.29, 1.82) is 0 Å². The summed E-state index contributed by atoms with van der Waals surface area (Å²) < 4.78 is 11.4. The molecule has 292 valence electrons. The maximum absolute atomic E-state index is 6.51. The second kappa shape index (κ2) is 13.1. The van der Waals surface area contributed by atoms with E-state index in [0.717, 1.165) is 33.2 Å². The van der Waals surface area contributed by atoms with Gasteiger partial charge >= 0.3 is 0 Å². The molecule has 0 bridgehead atoms. The lowest BCUT2D eigenvalue weighted by molar-refractivity contribution is 0.669. The van der Waals surface area contributed by atoms with Crippen molar-refractivity contribution >= 4 is 97.9 Å². The van der Waals surface area contributed by atoms with Crippen LogP contribution in [-0.2, 0) is 0 Å². The summed E-state index contributed by atoms with van der Waals surface area (Å²) >= 11 is 0. The van der Waals surface area contributed by atoms with E-state index in [-0.39, 0.29) is 0 Å². The number of rotatable bonds is 4. The average molecular weight is 801 g/mol. The van der Waals surface area contributed by atoms with Gasteiger partial charge in [-0.15, -0.1) is 0 Å². The van der Waals surface area contributed by atoms with Crippen molar-refractivity contribution in [3.63, 3.8) is 0 Å². The van der Waals surface area contributed by atoms with E-state index in [4.69, 9.17) is 4.42 Å². The van der Waals surface area contributed by atoms with E-state index in [0.29, 0.717) is 0 Å². The molecule has 3 heterocycles. The maximum atomic E-state index is 6.51. The van der Waals surface area contributed by atoms with Crippen LogP contribution in [0.1, 0.15) is 0 Å². The van der Waals surface area contributed by atoms with Crippen LogP contribution in [0.4, 0.5) is 0 Å². The van der Waals surface area contributed by atoms with Crippen LogP contribution >= 0.6 is 0 Å². The third-order valence-corrected chi connectivity index (χ3v) is 13.5. The maximum Gasteiger partial charge on any atom is 0.136 e. The predicted molar refractivity (Wildman–Crippen MR) is 266 cm³/mol.